The van der Waals surface area contributed by atoms with Crippen LogP contribution in [0.3, 0.4) is 0 Å². The third-order valence-electron chi connectivity index (χ3n) is 4.73. The topological polar surface area (TPSA) is 75.7 Å². The molecule has 0 fully saturated rings. The summed E-state index contributed by atoms with van der Waals surface area (Å²) in [5.74, 6) is -0.0294. The van der Waals surface area contributed by atoms with Gasteiger partial charge >= 0.3 is 0 Å². The highest BCUT2D eigenvalue weighted by atomic mass is 16.5. The van der Waals surface area contributed by atoms with E-state index >= 15 is 0 Å². The number of anilines is 2. The molecule has 6 nitrogen and oxygen atoms in total. The van der Waals surface area contributed by atoms with E-state index in [1.165, 1.54) is 0 Å². The number of benzene rings is 3. The number of ether oxygens (including phenoxy) is 1. The second-order valence-corrected chi connectivity index (χ2v) is 7.26. The lowest BCUT2D eigenvalue weighted by Crippen LogP contribution is -2.29. The Labute approximate surface area is 174 Å². The number of imide groups is 1. The van der Waals surface area contributed by atoms with Crippen LogP contribution >= 0.6 is 0 Å². The molecule has 6 heteroatoms. The molecule has 3 aromatic rings. The van der Waals surface area contributed by atoms with Crippen molar-refractivity contribution in [3.63, 3.8) is 0 Å². The zero-order valence-electron chi connectivity index (χ0n) is 16.6. The lowest BCUT2D eigenvalue weighted by atomic mass is 10.1. The Morgan fingerprint density at radius 3 is 2.27 bits per heavy atom. The number of rotatable bonds is 5. The van der Waals surface area contributed by atoms with Crippen LogP contribution in [0, 0.1) is 5.92 Å². The fourth-order valence-corrected chi connectivity index (χ4v) is 3.16. The second-order valence-electron chi connectivity index (χ2n) is 7.26. The van der Waals surface area contributed by atoms with Crippen LogP contribution in [-0.2, 0) is 4.79 Å². The van der Waals surface area contributed by atoms with Gasteiger partial charge in [-0.05, 0) is 42.5 Å². The van der Waals surface area contributed by atoms with Gasteiger partial charge in [0.1, 0.15) is 11.5 Å². The third kappa shape index (κ3) is 3.67. The largest absolute Gasteiger partial charge is 0.457 e. The van der Waals surface area contributed by atoms with Crippen LogP contribution in [-0.4, -0.2) is 17.7 Å². The van der Waals surface area contributed by atoms with E-state index in [2.05, 4.69) is 5.32 Å². The fraction of sp³-hybridized carbons (Fsp3) is 0.125. The van der Waals surface area contributed by atoms with Gasteiger partial charge in [0.2, 0.25) is 5.91 Å². The summed E-state index contributed by atoms with van der Waals surface area (Å²) in [4.78, 5) is 38.6. The number of hydrogen-bond donors (Lipinski definition) is 1. The highest BCUT2D eigenvalue weighted by molar-refractivity contribution is 6.34. The zero-order valence-corrected chi connectivity index (χ0v) is 16.6. The molecule has 150 valence electrons. The first-order chi connectivity index (χ1) is 14.4. The molecule has 0 aromatic heterocycles. The van der Waals surface area contributed by atoms with Gasteiger partial charge in [-0.25, -0.2) is 4.90 Å². The predicted octanol–water partition coefficient (Wildman–Crippen LogP) is 4.87. The minimum Gasteiger partial charge on any atom is -0.457 e. The molecule has 0 saturated heterocycles. The van der Waals surface area contributed by atoms with Crippen LogP contribution in [0.1, 0.15) is 34.6 Å². The summed E-state index contributed by atoms with van der Waals surface area (Å²) in [6.07, 6.45) is 0. The molecule has 3 amide bonds. The van der Waals surface area contributed by atoms with Crippen molar-refractivity contribution in [2.24, 2.45) is 5.92 Å². The number of para-hydroxylation sites is 1. The van der Waals surface area contributed by atoms with Crippen molar-refractivity contribution in [2.45, 2.75) is 13.8 Å². The molecule has 1 N–H and O–H groups in total. The van der Waals surface area contributed by atoms with E-state index in [1.807, 2.05) is 19.9 Å². The summed E-state index contributed by atoms with van der Waals surface area (Å²) in [6, 6.07) is 20.6. The van der Waals surface area contributed by atoms with Crippen molar-refractivity contribution < 1.29 is 19.1 Å². The molecule has 1 aliphatic heterocycles. The van der Waals surface area contributed by atoms with Gasteiger partial charge < -0.3 is 10.1 Å². The van der Waals surface area contributed by atoms with E-state index in [9.17, 15) is 14.4 Å². The predicted molar refractivity (Wildman–Crippen MR) is 114 cm³/mol. The Kier molecular flexibility index (Phi) is 5.06. The van der Waals surface area contributed by atoms with Crippen LogP contribution < -0.4 is 15.0 Å². The van der Waals surface area contributed by atoms with E-state index in [0.717, 1.165) is 4.90 Å². The van der Waals surface area contributed by atoms with E-state index in [-0.39, 0.29) is 23.6 Å². The van der Waals surface area contributed by atoms with Gasteiger partial charge in [0.05, 0.1) is 16.8 Å². The maximum atomic E-state index is 12.9. The van der Waals surface area contributed by atoms with Gasteiger partial charge in [-0.3, -0.25) is 14.4 Å². The number of nitrogens with one attached hydrogen (secondary N) is 1. The monoisotopic (exact) mass is 400 g/mol. The van der Waals surface area contributed by atoms with Gasteiger partial charge in [-0.15, -0.1) is 0 Å². The number of carbonyl (C=O) groups is 3. The molecule has 1 aliphatic rings. The molecular formula is C24H20N2O4. The molecule has 3 aromatic carbocycles. The van der Waals surface area contributed by atoms with Crippen LogP contribution in [0.25, 0.3) is 0 Å². The van der Waals surface area contributed by atoms with Crippen LogP contribution in [0.15, 0.2) is 72.8 Å². The first kappa shape index (κ1) is 19.4. The Bertz CT molecular complexity index is 1140. The van der Waals surface area contributed by atoms with E-state index < -0.39 is 0 Å². The molecule has 0 atom stereocenters. The van der Waals surface area contributed by atoms with Crippen LogP contribution in [0.2, 0.25) is 0 Å². The number of hydrogen-bond acceptors (Lipinski definition) is 4. The van der Waals surface area contributed by atoms with Crippen molar-refractivity contribution in [3.05, 3.63) is 83.9 Å². The Morgan fingerprint density at radius 2 is 1.53 bits per heavy atom. The quantitative estimate of drug-likeness (QED) is 0.620. The van der Waals surface area contributed by atoms with Gasteiger partial charge in [-0.1, -0.05) is 38.1 Å². The molecule has 0 aliphatic carbocycles. The van der Waals surface area contributed by atoms with Crippen molar-refractivity contribution in [2.75, 3.05) is 10.2 Å². The minimum absolute atomic E-state index is 0.0882. The Hall–Kier alpha value is -3.93. The lowest BCUT2D eigenvalue weighted by Gasteiger charge is -2.13. The van der Waals surface area contributed by atoms with Crippen molar-refractivity contribution in [1.82, 2.24) is 0 Å². The molecular weight excluding hydrogens is 380 g/mol. The summed E-state index contributed by atoms with van der Waals surface area (Å²) in [5.41, 5.74) is 1.79. The fourth-order valence-electron chi connectivity index (χ4n) is 3.16. The minimum atomic E-state index is -0.385. The van der Waals surface area contributed by atoms with E-state index in [4.69, 9.17) is 4.74 Å². The zero-order chi connectivity index (χ0) is 21.3. The maximum absolute atomic E-state index is 12.9. The SMILES string of the molecule is CC(C)C(=O)Nc1cccc(Oc2ccc3c(c2)C(=O)N(c2ccccc2)C3=O)c1. The summed E-state index contributed by atoms with van der Waals surface area (Å²) in [5, 5.41) is 2.82. The first-order valence-corrected chi connectivity index (χ1v) is 9.60. The maximum Gasteiger partial charge on any atom is 0.266 e. The average Bonchev–Trinajstić information content (AvgIpc) is 2.98. The molecule has 1 heterocycles. The van der Waals surface area contributed by atoms with Crippen molar-refractivity contribution in [1.29, 1.82) is 0 Å². The lowest BCUT2D eigenvalue weighted by molar-refractivity contribution is -0.118. The number of carbonyl (C=O) groups excluding carboxylic acids is 3. The highest BCUT2D eigenvalue weighted by Crippen LogP contribution is 2.32. The molecule has 0 radical (unpaired) electrons. The molecule has 30 heavy (non-hydrogen) atoms. The summed E-state index contributed by atoms with van der Waals surface area (Å²) in [7, 11) is 0. The van der Waals surface area contributed by atoms with Gasteiger partial charge in [-0.2, -0.15) is 0 Å². The van der Waals surface area contributed by atoms with E-state index in [0.29, 0.717) is 34.0 Å². The average molecular weight is 400 g/mol. The second kappa shape index (κ2) is 7.83. The number of fused-ring (bicyclic) bond motifs is 1. The number of amides is 3. The van der Waals surface area contributed by atoms with Crippen molar-refractivity contribution >= 4 is 29.1 Å². The van der Waals surface area contributed by atoms with Crippen LogP contribution in [0.5, 0.6) is 11.5 Å². The first-order valence-electron chi connectivity index (χ1n) is 9.60. The normalized spacial score (nSPS) is 12.8. The molecule has 0 unspecified atom stereocenters. The smallest absolute Gasteiger partial charge is 0.266 e. The summed E-state index contributed by atoms with van der Waals surface area (Å²) >= 11 is 0. The van der Waals surface area contributed by atoms with Gasteiger partial charge in [0.25, 0.3) is 11.8 Å². The Balaban J connectivity index is 1.57. The highest BCUT2D eigenvalue weighted by Gasteiger charge is 2.36. The molecule has 0 saturated carbocycles. The Morgan fingerprint density at radius 1 is 0.833 bits per heavy atom. The van der Waals surface area contributed by atoms with Gasteiger partial charge in [0.15, 0.2) is 0 Å². The third-order valence-corrected chi connectivity index (χ3v) is 4.73. The molecule has 0 spiro atoms. The standard InChI is InChI=1S/C24H20N2O4/c1-15(2)22(27)25-16-7-6-10-18(13-16)30-19-11-12-20-21(14-19)24(29)26(23(20)28)17-8-4-3-5-9-17/h3-15H,1-2H3,(H,25,27). The van der Waals surface area contributed by atoms with E-state index in [1.54, 1.807) is 66.7 Å². The van der Waals surface area contributed by atoms with Gasteiger partial charge in [0, 0.05) is 17.7 Å². The van der Waals surface area contributed by atoms with Crippen LogP contribution in [0.4, 0.5) is 11.4 Å². The summed E-state index contributed by atoms with van der Waals surface area (Å²) < 4.78 is 5.88. The van der Waals surface area contributed by atoms with Crippen molar-refractivity contribution in [3.8, 4) is 11.5 Å². The molecule has 4 rings (SSSR count). The molecule has 0 bridgehead atoms. The number of nitrogens with zero attached hydrogens (tertiary/aromatic N) is 1. The summed E-state index contributed by atoms with van der Waals surface area (Å²) in [6.45, 7) is 3.63.